The molecule has 0 aromatic heterocycles. The minimum Gasteiger partial charge on any atom is -0.504 e. The van der Waals surface area contributed by atoms with Crippen LogP contribution in [0.4, 0.5) is 0 Å². The van der Waals surface area contributed by atoms with Gasteiger partial charge in [-0.2, -0.15) is 0 Å². The first-order valence-corrected chi connectivity index (χ1v) is 5.83. The smallest absolute Gasteiger partial charge is 0.157 e. The predicted molar refractivity (Wildman–Crippen MR) is 65.7 cm³/mol. The van der Waals surface area contributed by atoms with E-state index in [9.17, 15) is 10.2 Å². The van der Waals surface area contributed by atoms with Crippen molar-refractivity contribution in [2.75, 3.05) is 33.2 Å². The molecule has 0 bridgehead atoms. The highest BCUT2D eigenvalue weighted by Crippen LogP contribution is 2.24. The summed E-state index contributed by atoms with van der Waals surface area (Å²) >= 11 is 0. The van der Waals surface area contributed by atoms with Crippen molar-refractivity contribution < 1.29 is 10.2 Å². The van der Waals surface area contributed by atoms with Crippen LogP contribution in [0, 0.1) is 0 Å². The van der Waals surface area contributed by atoms with Crippen molar-refractivity contribution in [2.45, 2.75) is 6.54 Å². The lowest BCUT2D eigenvalue weighted by Crippen LogP contribution is -2.50. The van der Waals surface area contributed by atoms with Gasteiger partial charge in [-0.3, -0.25) is 5.43 Å². The average molecular weight is 237 g/mol. The van der Waals surface area contributed by atoms with Crippen molar-refractivity contribution in [1.82, 2.24) is 15.3 Å². The molecule has 0 spiro atoms. The van der Waals surface area contributed by atoms with Crippen LogP contribution in [0.5, 0.6) is 11.5 Å². The summed E-state index contributed by atoms with van der Waals surface area (Å²) in [4.78, 5) is 2.30. The van der Waals surface area contributed by atoms with Gasteiger partial charge in [0, 0.05) is 32.7 Å². The number of piperazine rings is 1. The number of nitrogens with one attached hydrogen (secondary N) is 1. The van der Waals surface area contributed by atoms with E-state index in [0.29, 0.717) is 6.54 Å². The molecule has 1 aromatic rings. The van der Waals surface area contributed by atoms with Gasteiger partial charge >= 0.3 is 0 Å². The van der Waals surface area contributed by atoms with Crippen molar-refractivity contribution in [2.24, 2.45) is 0 Å². The van der Waals surface area contributed by atoms with Crippen molar-refractivity contribution in [3.63, 3.8) is 0 Å². The Bertz CT molecular complexity index is 376. The van der Waals surface area contributed by atoms with E-state index < -0.39 is 0 Å². The SMILES string of the molecule is CN1CCN(NCc2ccc(O)c(O)c2)CC1. The number of hydrazine groups is 1. The Hall–Kier alpha value is -1.30. The van der Waals surface area contributed by atoms with E-state index in [2.05, 4.69) is 22.4 Å². The lowest BCUT2D eigenvalue weighted by molar-refractivity contribution is 0.102. The third-order valence-corrected chi connectivity index (χ3v) is 3.05. The molecule has 17 heavy (non-hydrogen) atoms. The molecule has 0 aliphatic carbocycles. The Morgan fingerprint density at radius 2 is 1.82 bits per heavy atom. The lowest BCUT2D eigenvalue weighted by atomic mass is 10.2. The fraction of sp³-hybridized carbons (Fsp3) is 0.500. The van der Waals surface area contributed by atoms with Gasteiger partial charge in [0.2, 0.25) is 0 Å². The van der Waals surface area contributed by atoms with E-state index in [4.69, 9.17) is 0 Å². The Labute approximate surface area is 101 Å². The Kier molecular flexibility index (Phi) is 3.83. The molecule has 1 aliphatic heterocycles. The molecular formula is C12H19N3O2. The minimum atomic E-state index is -0.0756. The van der Waals surface area contributed by atoms with Gasteiger partial charge in [0.15, 0.2) is 11.5 Å². The normalized spacial score (nSPS) is 18.4. The first-order chi connectivity index (χ1) is 8.15. The third-order valence-electron chi connectivity index (χ3n) is 3.05. The maximum Gasteiger partial charge on any atom is 0.157 e. The fourth-order valence-corrected chi connectivity index (χ4v) is 1.85. The van der Waals surface area contributed by atoms with E-state index in [1.54, 1.807) is 12.1 Å². The molecule has 0 atom stereocenters. The highest BCUT2D eigenvalue weighted by molar-refractivity contribution is 5.40. The van der Waals surface area contributed by atoms with Crippen LogP contribution in [0.15, 0.2) is 18.2 Å². The molecule has 3 N–H and O–H groups in total. The van der Waals surface area contributed by atoms with Crippen molar-refractivity contribution in [1.29, 1.82) is 0 Å². The zero-order valence-electron chi connectivity index (χ0n) is 10.1. The number of hydrogen-bond donors (Lipinski definition) is 3. The van der Waals surface area contributed by atoms with Crippen LogP contribution < -0.4 is 5.43 Å². The monoisotopic (exact) mass is 237 g/mol. The molecule has 5 heteroatoms. The number of aromatic hydroxyl groups is 2. The quantitative estimate of drug-likeness (QED) is 0.662. The number of phenolic OH excluding ortho intramolecular Hbond substituents is 2. The molecule has 0 saturated carbocycles. The van der Waals surface area contributed by atoms with Gasteiger partial charge in [-0.1, -0.05) is 6.07 Å². The number of phenols is 2. The number of rotatable bonds is 3. The highest BCUT2D eigenvalue weighted by atomic mass is 16.3. The van der Waals surface area contributed by atoms with Crippen molar-refractivity contribution in [3.8, 4) is 11.5 Å². The number of nitrogens with zero attached hydrogens (tertiary/aromatic N) is 2. The summed E-state index contributed by atoms with van der Waals surface area (Å²) in [7, 11) is 2.12. The fourth-order valence-electron chi connectivity index (χ4n) is 1.85. The van der Waals surface area contributed by atoms with Crippen LogP contribution in [-0.2, 0) is 6.54 Å². The number of hydrogen-bond acceptors (Lipinski definition) is 5. The van der Waals surface area contributed by atoms with E-state index in [0.717, 1.165) is 31.7 Å². The van der Waals surface area contributed by atoms with Crippen LogP contribution >= 0.6 is 0 Å². The molecule has 1 fully saturated rings. The molecule has 94 valence electrons. The van der Waals surface area contributed by atoms with Crippen LogP contribution in [0.3, 0.4) is 0 Å². The van der Waals surface area contributed by atoms with Gasteiger partial charge < -0.3 is 15.1 Å². The molecule has 0 unspecified atom stereocenters. The van der Waals surface area contributed by atoms with Crippen LogP contribution in [0.2, 0.25) is 0 Å². The first-order valence-electron chi connectivity index (χ1n) is 5.83. The van der Waals surface area contributed by atoms with E-state index in [1.165, 1.54) is 6.07 Å². The topological polar surface area (TPSA) is 59.0 Å². The summed E-state index contributed by atoms with van der Waals surface area (Å²) in [6, 6.07) is 4.90. The zero-order chi connectivity index (χ0) is 12.3. The Morgan fingerprint density at radius 1 is 1.12 bits per heavy atom. The summed E-state index contributed by atoms with van der Waals surface area (Å²) in [6.07, 6.45) is 0. The predicted octanol–water partition coefficient (Wildman–Crippen LogP) is 0.350. The van der Waals surface area contributed by atoms with Crippen LogP contribution in [0.1, 0.15) is 5.56 Å². The molecule has 1 saturated heterocycles. The summed E-state index contributed by atoms with van der Waals surface area (Å²) in [6.45, 7) is 4.79. The molecule has 0 amide bonds. The van der Waals surface area contributed by atoms with Gasteiger partial charge in [-0.05, 0) is 24.7 Å². The molecule has 5 nitrogen and oxygen atoms in total. The van der Waals surface area contributed by atoms with Crippen LogP contribution in [0.25, 0.3) is 0 Å². The second-order valence-corrected chi connectivity index (χ2v) is 4.45. The van der Waals surface area contributed by atoms with Gasteiger partial charge in [-0.15, -0.1) is 0 Å². The first kappa shape index (κ1) is 12.2. The summed E-state index contributed by atoms with van der Waals surface area (Å²) in [5.41, 5.74) is 4.28. The maximum atomic E-state index is 9.37. The Morgan fingerprint density at radius 3 is 2.47 bits per heavy atom. The molecule has 2 rings (SSSR count). The van der Waals surface area contributed by atoms with E-state index in [1.807, 2.05) is 0 Å². The third kappa shape index (κ3) is 3.33. The van der Waals surface area contributed by atoms with Crippen LogP contribution in [-0.4, -0.2) is 53.3 Å². The second kappa shape index (κ2) is 5.35. The number of benzene rings is 1. The van der Waals surface area contributed by atoms with Gasteiger partial charge in [0.05, 0.1) is 0 Å². The van der Waals surface area contributed by atoms with Gasteiger partial charge in [0.1, 0.15) is 0 Å². The van der Waals surface area contributed by atoms with E-state index >= 15 is 0 Å². The lowest BCUT2D eigenvalue weighted by Gasteiger charge is -2.32. The zero-order valence-corrected chi connectivity index (χ0v) is 10.1. The highest BCUT2D eigenvalue weighted by Gasteiger charge is 2.12. The van der Waals surface area contributed by atoms with Crippen molar-refractivity contribution >= 4 is 0 Å². The maximum absolute atomic E-state index is 9.37. The van der Waals surface area contributed by atoms with Gasteiger partial charge in [0.25, 0.3) is 0 Å². The minimum absolute atomic E-state index is 0.0670. The van der Waals surface area contributed by atoms with Gasteiger partial charge in [-0.25, -0.2) is 5.01 Å². The molecule has 1 aromatic carbocycles. The molecule has 0 radical (unpaired) electrons. The largest absolute Gasteiger partial charge is 0.504 e. The standard InChI is InChI=1S/C12H19N3O2/c1-14-4-6-15(7-5-14)13-9-10-2-3-11(16)12(17)8-10/h2-3,8,13,16-17H,4-7,9H2,1H3. The molecule has 1 aliphatic rings. The van der Waals surface area contributed by atoms with Crippen molar-refractivity contribution in [3.05, 3.63) is 23.8 Å². The molecule has 1 heterocycles. The summed E-state index contributed by atoms with van der Waals surface area (Å²) in [5, 5.41) is 20.8. The average Bonchev–Trinajstić information content (AvgIpc) is 2.33. The van der Waals surface area contributed by atoms with E-state index in [-0.39, 0.29) is 11.5 Å². The summed E-state index contributed by atoms with van der Waals surface area (Å²) in [5.74, 6) is -0.143. The summed E-state index contributed by atoms with van der Waals surface area (Å²) < 4.78 is 0. The molecular weight excluding hydrogens is 218 g/mol. The Balaban J connectivity index is 1.83. The number of likely N-dealkylation sites (N-methyl/N-ethyl adjacent to an activating group) is 1. The second-order valence-electron chi connectivity index (χ2n) is 4.45.